The summed E-state index contributed by atoms with van der Waals surface area (Å²) in [6.07, 6.45) is 5.60. The van der Waals surface area contributed by atoms with Crippen LogP contribution in [0, 0.1) is 23.3 Å². The van der Waals surface area contributed by atoms with Crippen LogP contribution in [0.15, 0.2) is 48.5 Å². The van der Waals surface area contributed by atoms with E-state index in [0.29, 0.717) is 36.8 Å². The molecule has 0 spiro atoms. The van der Waals surface area contributed by atoms with Crippen LogP contribution >= 0.6 is 0 Å². The fourth-order valence-corrected chi connectivity index (χ4v) is 5.09. The first-order valence-corrected chi connectivity index (χ1v) is 13.1. The number of benzene rings is 3. The van der Waals surface area contributed by atoms with E-state index in [2.05, 4.69) is 6.92 Å². The summed E-state index contributed by atoms with van der Waals surface area (Å²) in [5.41, 5.74) is 1.82. The second-order valence-corrected chi connectivity index (χ2v) is 9.81. The number of hydrogen-bond acceptors (Lipinski definition) is 3. The fourth-order valence-electron chi connectivity index (χ4n) is 5.09. The topological polar surface area (TPSA) is 35.5 Å². The molecule has 0 aromatic heterocycles. The highest BCUT2D eigenvalue weighted by Crippen LogP contribution is 2.38. The van der Waals surface area contributed by atoms with E-state index in [-0.39, 0.29) is 17.2 Å². The van der Waals surface area contributed by atoms with Gasteiger partial charge in [0.15, 0.2) is 23.2 Å². The van der Waals surface area contributed by atoms with Gasteiger partial charge in [-0.1, -0.05) is 56.2 Å². The van der Waals surface area contributed by atoms with Crippen LogP contribution in [0.5, 0.6) is 5.75 Å². The minimum atomic E-state index is -1.33. The second kappa shape index (κ2) is 12.5. The molecule has 0 N–H and O–H groups in total. The van der Waals surface area contributed by atoms with Crippen molar-refractivity contribution in [1.82, 2.24) is 0 Å². The SMILES string of the molecule is CCCCCc1ccc(-c2ccc(C3CCC(OC(=O)c4ccc(OC)c(F)c4F)CC3)c(F)c2F)cc1. The van der Waals surface area contributed by atoms with Crippen LogP contribution < -0.4 is 4.74 Å². The standard InChI is InChI=1S/C31H32F4O3/c1-3-4-5-6-19-7-9-20(10-8-19)23-15-16-24(28(33)27(23)32)21-11-13-22(14-12-21)38-31(36)25-17-18-26(37-2)30(35)29(25)34/h7-10,15-18,21-22H,3-6,11-14H2,1-2H3. The molecule has 1 aliphatic rings. The summed E-state index contributed by atoms with van der Waals surface area (Å²) in [6, 6.07) is 13.1. The van der Waals surface area contributed by atoms with Gasteiger partial charge in [0.05, 0.1) is 12.7 Å². The highest BCUT2D eigenvalue weighted by Gasteiger charge is 2.30. The van der Waals surface area contributed by atoms with Gasteiger partial charge in [-0.25, -0.2) is 18.0 Å². The number of hydrogen-bond donors (Lipinski definition) is 0. The highest BCUT2D eigenvalue weighted by molar-refractivity contribution is 5.90. The molecule has 1 saturated carbocycles. The lowest BCUT2D eigenvalue weighted by molar-refractivity contribution is 0.0188. The molecule has 0 radical (unpaired) electrons. The van der Waals surface area contributed by atoms with Crippen LogP contribution in [-0.2, 0) is 11.2 Å². The summed E-state index contributed by atoms with van der Waals surface area (Å²) in [5.74, 6) is -5.81. The first kappa shape index (κ1) is 27.7. The average molecular weight is 529 g/mol. The third-order valence-corrected chi connectivity index (χ3v) is 7.32. The molecule has 0 unspecified atom stereocenters. The Bertz CT molecular complexity index is 1270. The zero-order valence-corrected chi connectivity index (χ0v) is 21.7. The molecule has 0 saturated heterocycles. The van der Waals surface area contributed by atoms with Crippen molar-refractivity contribution in [3.63, 3.8) is 0 Å². The van der Waals surface area contributed by atoms with Crippen LogP contribution in [0.1, 0.15) is 79.3 Å². The van der Waals surface area contributed by atoms with Crippen LogP contribution in [0.2, 0.25) is 0 Å². The van der Waals surface area contributed by atoms with Gasteiger partial charge in [-0.2, -0.15) is 4.39 Å². The molecule has 0 aliphatic heterocycles. The number of rotatable bonds is 9. The number of halogens is 4. The number of aryl methyl sites for hydroxylation is 1. The molecule has 0 atom stereocenters. The summed E-state index contributed by atoms with van der Waals surface area (Å²) >= 11 is 0. The molecule has 202 valence electrons. The molecule has 3 aromatic carbocycles. The molecule has 3 aromatic rings. The van der Waals surface area contributed by atoms with Gasteiger partial charge in [0, 0.05) is 5.56 Å². The van der Waals surface area contributed by atoms with Crippen LogP contribution in [0.25, 0.3) is 11.1 Å². The molecule has 1 aliphatic carbocycles. The molecular weight excluding hydrogens is 496 g/mol. The van der Waals surface area contributed by atoms with Crippen LogP contribution in [0.4, 0.5) is 17.6 Å². The zero-order chi connectivity index (χ0) is 27.2. The van der Waals surface area contributed by atoms with Crippen molar-refractivity contribution in [1.29, 1.82) is 0 Å². The first-order chi connectivity index (χ1) is 18.3. The zero-order valence-electron chi connectivity index (χ0n) is 21.7. The Morgan fingerprint density at radius 3 is 2.18 bits per heavy atom. The van der Waals surface area contributed by atoms with E-state index >= 15 is 8.78 Å². The Kier molecular flexibility index (Phi) is 9.08. The van der Waals surface area contributed by atoms with E-state index in [1.54, 1.807) is 12.1 Å². The minimum absolute atomic E-state index is 0.225. The van der Waals surface area contributed by atoms with Crippen LogP contribution in [-0.4, -0.2) is 19.2 Å². The monoisotopic (exact) mass is 528 g/mol. The molecule has 7 heteroatoms. The molecule has 1 fully saturated rings. The van der Waals surface area contributed by atoms with E-state index in [4.69, 9.17) is 9.47 Å². The summed E-state index contributed by atoms with van der Waals surface area (Å²) < 4.78 is 68.5. The summed E-state index contributed by atoms with van der Waals surface area (Å²) in [4.78, 5) is 12.4. The quantitative estimate of drug-likeness (QED) is 0.159. The van der Waals surface area contributed by atoms with Gasteiger partial charge < -0.3 is 9.47 Å². The fraction of sp³-hybridized carbons (Fsp3) is 0.387. The van der Waals surface area contributed by atoms with Gasteiger partial charge in [-0.05, 0) is 73.3 Å². The van der Waals surface area contributed by atoms with E-state index in [9.17, 15) is 13.6 Å². The number of methoxy groups -OCH3 is 1. The summed E-state index contributed by atoms with van der Waals surface area (Å²) in [5, 5.41) is 0. The minimum Gasteiger partial charge on any atom is -0.494 e. The summed E-state index contributed by atoms with van der Waals surface area (Å²) in [7, 11) is 1.20. The van der Waals surface area contributed by atoms with E-state index < -0.39 is 40.9 Å². The number of esters is 1. The van der Waals surface area contributed by atoms with Crippen molar-refractivity contribution in [2.75, 3.05) is 7.11 Å². The predicted molar refractivity (Wildman–Crippen MR) is 138 cm³/mol. The summed E-state index contributed by atoms with van der Waals surface area (Å²) in [6.45, 7) is 2.15. The van der Waals surface area contributed by atoms with Crippen molar-refractivity contribution in [2.45, 2.75) is 70.3 Å². The van der Waals surface area contributed by atoms with Gasteiger partial charge >= 0.3 is 5.97 Å². The van der Waals surface area contributed by atoms with Gasteiger partial charge in [0.1, 0.15) is 6.10 Å². The number of unbranched alkanes of at least 4 members (excludes halogenated alkanes) is 2. The third kappa shape index (κ3) is 6.03. The Hall–Kier alpha value is -3.35. The maximum atomic E-state index is 15.1. The van der Waals surface area contributed by atoms with E-state index in [1.165, 1.54) is 12.7 Å². The Morgan fingerprint density at radius 1 is 0.816 bits per heavy atom. The molecule has 0 heterocycles. The molecule has 38 heavy (non-hydrogen) atoms. The Morgan fingerprint density at radius 2 is 1.53 bits per heavy atom. The molecule has 4 rings (SSSR count). The number of carbonyl (C=O) groups is 1. The van der Waals surface area contributed by atoms with Crippen molar-refractivity contribution in [2.24, 2.45) is 0 Å². The maximum Gasteiger partial charge on any atom is 0.341 e. The maximum absolute atomic E-state index is 15.1. The normalized spacial score (nSPS) is 17.3. The largest absolute Gasteiger partial charge is 0.494 e. The van der Waals surface area contributed by atoms with Gasteiger partial charge in [-0.15, -0.1) is 0 Å². The third-order valence-electron chi connectivity index (χ3n) is 7.32. The molecular formula is C31H32F4O3. The average Bonchev–Trinajstić information content (AvgIpc) is 2.93. The van der Waals surface area contributed by atoms with Crippen LogP contribution in [0.3, 0.4) is 0 Å². The lowest BCUT2D eigenvalue weighted by Crippen LogP contribution is -2.25. The number of carbonyl (C=O) groups excluding carboxylic acids is 1. The van der Waals surface area contributed by atoms with Crippen molar-refractivity contribution in [3.8, 4) is 16.9 Å². The van der Waals surface area contributed by atoms with Crippen molar-refractivity contribution in [3.05, 3.63) is 88.5 Å². The van der Waals surface area contributed by atoms with Crippen molar-refractivity contribution < 1.29 is 31.8 Å². The molecule has 0 amide bonds. The first-order valence-electron chi connectivity index (χ1n) is 13.1. The van der Waals surface area contributed by atoms with E-state index in [1.807, 2.05) is 24.3 Å². The van der Waals surface area contributed by atoms with E-state index in [0.717, 1.165) is 37.8 Å². The van der Waals surface area contributed by atoms with Crippen molar-refractivity contribution >= 4 is 5.97 Å². The highest BCUT2D eigenvalue weighted by atomic mass is 19.2. The van der Waals surface area contributed by atoms with Gasteiger partial charge in [0.2, 0.25) is 5.82 Å². The molecule has 0 bridgehead atoms. The lowest BCUT2D eigenvalue weighted by Gasteiger charge is -2.29. The lowest BCUT2D eigenvalue weighted by atomic mass is 9.82. The van der Waals surface area contributed by atoms with Gasteiger partial charge in [-0.3, -0.25) is 0 Å². The number of ether oxygens (including phenoxy) is 2. The second-order valence-electron chi connectivity index (χ2n) is 9.81. The molecule has 3 nitrogen and oxygen atoms in total. The smallest absolute Gasteiger partial charge is 0.341 e. The Balaban J connectivity index is 1.38. The predicted octanol–water partition coefficient (Wildman–Crippen LogP) is 8.53. The van der Waals surface area contributed by atoms with Gasteiger partial charge in [0.25, 0.3) is 0 Å². The Labute approximate surface area is 220 Å².